The Kier molecular flexibility index (Phi) is 6.02. The molecule has 134 valence electrons. The van der Waals surface area contributed by atoms with Crippen LogP contribution < -0.4 is 10.1 Å². The Morgan fingerprint density at radius 2 is 2.12 bits per heavy atom. The van der Waals surface area contributed by atoms with Crippen molar-refractivity contribution < 1.29 is 9.53 Å². The maximum atomic E-state index is 12.5. The second kappa shape index (κ2) is 8.63. The van der Waals surface area contributed by atoms with Gasteiger partial charge in [-0.15, -0.1) is 11.3 Å². The van der Waals surface area contributed by atoms with E-state index >= 15 is 0 Å². The molecule has 1 atom stereocenters. The molecule has 0 spiro atoms. The molecule has 1 unspecified atom stereocenters. The van der Waals surface area contributed by atoms with Crippen molar-refractivity contribution in [3.63, 3.8) is 0 Å². The molecule has 26 heavy (non-hydrogen) atoms. The predicted octanol–water partition coefficient (Wildman–Crippen LogP) is 4.78. The van der Waals surface area contributed by atoms with Gasteiger partial charge in [-0.2, -0.15) is 0 Å². The third-order valence-electron chi connectivity index (χ3n) is 4.15. The first-order chi connectivity index (χ1) is 12.7. The van der Waals surface area contributed by atoms with Gasteiger partial charge in [0.15, 0.2) is 0 Å². The molecule has 0 bridgehead atoms. The minimum Gasteiger partial charge on any atom is -0.487 e. The van der Waals surface area contributed by atoms with Crippen LogP contribution in [-0.4, -0.2) is 10.9 Å². The third-order valence-corrected chi connectivity index (χ3v) is 5.11. The van der Waals surface area contributed by atoms with Crippen molar-refractivity contribution in [3.8, 4) is 5.75 Å². The zero-order valence-corrected chi connectivity index (χ0v) is 15.8. The number of carbonyl (C=O) groups is 1. The van der Waals surface area contributed by atoms with Crippen molar-refractivity contribution in [2.45, 2.75) is 32.9 Å². The lowest BCUT2D eigenvalue weighted by Crippen LogP contribution is -2.26. The van der Waals surface area contributed by atoms with Crippen LogP contribution in [0.1, 0.15) is 46.4 Å². The topological polar surface area (TPSA) is 51.2 Å². The molecule has 1 aromatic carbocycles. The number of ether oxygens (including phenoxy) is 1. The highest BCUT2D eigenvalue weighted by Gasteiger charge is 2.15. The number of nitrogens with one attached hydrogen (secondary N) is 1. The molecule has 2 aromatic heterocycles. The van der Waals surface area contributed by atoms with Crippen molar-refractivity contribution in [1.82, 2.24) is 10.3 Å². The minimum atomic E-state index is -0.104. The van der Waals surface area contributed by atoms with Crippen LogP contribution in [0.15, 0.2) is 60.1 Å². The van der Waals surface area contributed by atoms with E-state index in [-0.39, 0.29) is 11.9 Å². The number of hydrogen-bond acceptors (Lipinski definition) is 4. The highest BCUT2D eigenvalue weighted by Crippen LogP contribution is 2.22. The van der Waals surface area contributed by atoms with Gasteiger partial charge in [0.25, 0.3) is 5.91 Å². The van der Waals surface area contributed by atoms with Crippen LogP contribution in [0, 0.1) is 0 Å². The Hall–Kier alpha value is -2.66. The maximum Gasteiger partial charge on any atom is 0.262 e. The molecule has 0 saturated heterocycles. The van der Waals surface area contributed by atoms with E-state index in [0.29, 0.717) is 6.61 Å². The summed E-state index contributed by atoms with van der Waals surface area (Å²) in [7, 11) is 0. The number of rotatable bonds is 7. The summed E-state index contributed by atoms with van der Waals surface area (Å²) in [5.41, 5.74) is 2.97. The summed E-state index contributed by atoms with van der Waals surface area (Å²) >= 11 is 1.48. The smallest absolute Gasteiger partial charge is 0.262 e. The molecule has 0 aliphatic rings. The second-order valence-corrected chi connectivity index (χ2v) is 6.92. The Bertz CT molecular complexity index is 861. The average molecular weight is 366 g/mol. The largest absolute Gasteiger partial charge is 0.487 e. The summed E-state index contributed by atoms with van der Waals surface area (Å²) in [6.45, 7) is 4.46. The molecule has 4 nitrogen and oxygen atoms in total. The second-order valence-electron chi connectivity index (χ2n) is 6.01. The van der Waals surface area contributed by atoms with Crippen LogP contribution in [-0.2, 0) is 13.0 Å². The third kappa shape index (κ3) is 4.49. The van der Waals surface area contributed by atoms with Gasteiger partial charge in [-0.05, 0) is 60.2 Å². The summed E-state index contributed by atoms with van der Waals surface area (Å²) in [4.78, 5) is 17.6. The van der Waals surface area contributed by atoms with Crippen molar-refractivity contribution >= 4 is 17.2 Å². The molecule has 0 fully saturated rings. The van der Waals surface area contributed by atoms with Crippen molar-refractivity contribution in [2.75, 3.05) is 0 Å². The molecular weight excluding hydrogens is 344 g/mol. The summed E-state index contributed by atoms with van der Waals surface area (Å²) in [6.07, 6.45) is 2.61. The van der Waals surface area contributed by atoms with Crippen molar-refractivity contribution in [2.24, 2.45) is 0 Å². The lowest BCUT2D eigenvalue weighted by molar-refractivity contribution is 0.0943. The number of benzene rings is 1. The lowest BCUT2D eigenvalue weighted by Gasteiger charge is -2.16. The molecule has 1 amide bonds. The summed E-state index contributed by atoms with van der Waals surface area (Å²) in [5, 5.41) is 5.04. The minimum absolute atomic E-state index is 0.0239. The lowest BCUT2D eigenvalue weighted by atomic mass is 10.1. The Morgan fingerprint density at radius 3 is 2.88 bits per heavy atom. The molecule has 3 rings (SSSR count). The number of nitrogens with zero attached hydrogens (tertiary/aromatic N) is 1. The van der Waals surface area contributed by atoms with Crippen molar-refractivity contribution in [1.29, 1.82) is 0 Å². The molecule has 0 aliphatic heterocycles. The average Bonchev–Trinajstić information content (AvgIpc) is 3.16. The highest BCUT2D eigenvalue weighted by atomic mass is 32.1. The number of thiophene rings is 1. The fourth-order valence-corrected chi connectivity index (χ4v) is 3.57. The van der Waals surface area contributed by atoms with Gasteiger partial charge in [0, 0.05) is 6.20 Å². The first-order valence-electron chi connectivity index (χ1n) is 8.67. The van der Waals surface area contributed by atoms with E-state index in [1.807, 2.05) is 60.8 Å². The maximum absolute atomic E-state index is 12.5. The SMILES string of the molecule is CCc1ccsc1C(=O)NC(C)c1cccc(OCc2ccccn2)c1. The first-order valence-corrected chi connectivity index (χ1v) is 9.55. The van der Waals surface area contributed by atoms with Crippen molar-refractivity contribution in [3.05, 3.63) is 81.8 Å². The Balaban J connectivity index is 1.64. The fourth-order valence-electron chi connectivity index (χ4n) is 2.67. The number of hydrogen-bond donors (Lipinski definition) is 1. The fraction of sp³-hybridized carbons (Fsp3) is 0.238. The van der Waals surface area contributed by atoms with Gasteiger partial charge < -0.3 is 10.1 Å². The van der Waals surface area contributed by atoms with E-state index in [9.17, 15) is 4.79 Å². The number of amides is 1. The van der Waals surface area contributed by atoms with Gasteiger partial charge in [0.05, 0.1) is 16.6 Å². The van der Waals surface area contributed by atoms with E-state index < -0.39 is 0 Å². The number of aryl methyl sites for hydroxylation is 1. The normalized spacial score (nSPS) is 11.8. The van der Waals surface area contributed by atoms with E-state index in [2.05, 4.69) is 17.2 Å². The van der Waals surface area contributed by atoms with Crippen LogP contribution in [0.25, 0.3) is 0 Å². The predicted molar refractivity (Wildman–Crippen MR) is 105 cm³/mol. The molecule has 0 aliphatic carbocycles. The van der Waals surface area contributed by atoms with Gasteiger partial charge in [-0.25, -0.2) is 0 Å². The molecule has 0 radical (unpaired) electrons. The van der Waals surface area contributed by atoms with Gasteiger partial charge >= 0.3 is 0 Å². The summed E-state index contributed by atoms with van der Waals surface area (Å²) < 4.78 is 5.82. The van der Waals surface area contributed by atoms with Gasteiger partial charge in [0.2, 0.25) is 0 Å². The molecule has 0 saturated carbocycles. The van der Waals surface area contributed by atoms with Crippen LogP contribution in [0.3, 0.4) is 0 Å². The zero-order chi connectivity index (χ0) is 18.4. The quantitative estimate of drug-likeness (QED) is 0.655. The molecule has 2 heterocycles. The molecule has 5 heteroatoms. The summed E-state index contributed by atoms with van der Waals surface area (Å²) in [6, 6.07) is 15.5. The number of pyridine rings is 1. The number of carbonyl (C=O) groups excluding carboxylic acids is 1. The molecule has 1 N–H and O–H groups in total. The van der Waals surface area contributed by atoms with Crippen LogP contribution >= 0.6 is 11.3 Å². The van der Waals surface area contributed by atoms with Crippen LogP contribution in [0.2, 0.25) is 0 Å². The Morgan fingerprint density at radius 1 is 1.23 bits per heavy atom. The highest BCUT2D eigenvalue weighted by molar-refractivity contribution is 7.12. The monoisotopic (exact) mass is 366 g/mol. The van der Waals surface area contributed by atoms with Crippen LogP contribution in [0.4, 0.5) is 0 Å². The standard InChI is InChI=1S/C21H22N2O2S/c1-3-16-10-12-26-20(16)21(24)23-15(2)17-7-6-9-19(13-17)25-14-18-8-4-5-11-22-18/h4-13,15H,3,14H2,1-2H3,(H,23,24). The van der Waals surface area contributed by atoms with E-state index in [4.69, 9.17) is 4.74 Å². The number of aromatic nitrogens is 1. The Labute approximate surface area is 157 Å². The van der Waals surface area contributed by atoms with E-state index in [0.717, 1.165) is 33.9 Å². The van der Waals surface area contributed by atoms with Gasteiger partial charge in [0.1, 0.15) is 12.4 Å². The summed E-state index contributed by atoms with van der Waals surface area (Å²) in [5.74, 6) is 0.740. The zero-order valence-electron chi connectivity index (χ0n) is 14.9. The van der Waals surface area contributed by atoms with E-state index in [1.165, 1.54) is 11.3 Å². The van der Waals surface area contributed by atoms with Gasteiger partial charge in [-0.1, -0.05) is 25.1 Å². The van der Waals surface area contributed by atoms with E-state index in [1.54, 1.807) is 6.20 Å². The first kappa shape index (κ1) is 18.1. The van der Waals surface area contributed by atoms with Gasteiger partial charge in [-0.3, -0.25) is 9.78 Å². The molecule has 3 aromatic rings. The van der Waals surface area contributed by atoms with Crippen LogP contribution in [0.5, 0.6) is 5.75 Å². The molecular formula is C21H22N2O2S.